The number of thiophene rings is 4. The normalized spacial score (nSPS) is 19.9. The maximum Gasteiger partial charge on any atom is 0.270 e. The van der Waals surface area contributed by atoms with E-state index in [1.807, 2.05) is 30.3 Å². The molecule has 0 unspecified atom stereocenters. The Kier molecular flexibility index (Phi) is 9.55. The van der Waals surface area contributed by atoms with Crippen molar-refractivity contribution in [3.05, 3.63) is 137 Å². The van der Waals surface area contributed by atoms with Crippen LogP contribution in [0.15, 0.2) is 58.8 Å². The summed E-state index contributed by atoms with van der Waals surface area (Å²) < 4.78 is 74.6. The lowest BCUT2D eigenvalue weighted by Gasteiger charge is -2.41. The first kappa shape index (κ1) is 42.4. The van der Waals surface area contributed by atoms with Gasteiger partial charge in [-0.3, -0.25) is 9.59 Å². The first-order chi connectivity index (χ1) is 32.9. The molecular weight excluding hydrogens is 949 g/mol. The number of benzene rings is 2. The Labute approximate surface area is 401 Å². The van der Waals surface area contributed by atoms with E-state index in [0.29, 0.717) is 21.3 Å². The third-order valence-electron chi connectivity index (χ3n) is 13.9. The van der Waals surface area contributed by atoms with Crippen molar-refractivity contribution in [2.45, 2.75) is 75.4 Å². The molecule has 2 aromatic carbocycles. The molecule has 0 N–H and O–H groups in total. The minimum Gasteiger partial charge on any atom is -0.481 e. The molecule has 6 aromatic rings. The van der Waals surface area contributed by atoms with Crippen molar-refractivity contribution in [1.29, 1.82) is 15.8 Å². The van der Waals surface area contributed by atoms with E-state index in [2.05, 4.69) is 4.85 Å². The monoisotopic (exact) mass is 976 g/mol. The van der Waals surface area contributed by atoms with Gasteiger partial charge in [-0.15, -0.1) is 45.3 Å². The molecule has 4 aliphatic carbocycles. The third kappa shape index (κ3) is 5.95. The lowest BCUT2D eigenvalue weighted by molar-refractivity contribution is 0.0257. The molecule has 0 saturated heterocycles. The standard InChI is InChI=1S/C52H28F4N4O4S4/c1-60-36(22-59)40-27-17-33(54)35(56)19-29(27)44(62)31(40)13-25-15-38-46(66-25)48-42(52(64-38)10-6-3-7-11-52)50-49(68-48)41-47(67-50)45-37(63-51(41)8-4-2-5-9-51)14-24(65-45)12-30-39(23(20-57)21-58)26-16-32(53)34(55)18-28(26)43(30)61/h12-19H,2-11H2/b30-12-,31-13-,40-36-. The van der Waals surface area contributed by atoms with Crippen molar-refractivity contribution in [3.8, 4) is 49.2 Å². The second-order valence-electron chi connectivity index (χ2n) is 17.6. The fourth-order valence-electron chi connectivity index (χ4n) is 11.0. The van der Waals surface area contributed by atoms with Gasteiger partial charge < -0.3 is 9.47 Å². The Morgan fingerprint density at radius 3 is 1.40 bits per heavy atom. The molecule has 12 rings (SSSR count). The van der Waals surface area contributed by atoms with E-state index in [0.717, 1.165) is 129 Å². The zero-order valence-electron chi connectivity index (χ0n) is 35.3. The van der Waals surface area contributed by atoms with Gasteiger partial charge in [0.05, 0.1) is 41.5 Å². The predicted molar refractivity (Wildman–Crippen MR) is 252 cm³/mol. The van der Waals surface area contributed by atoms with Gasteiger partial charge >= 0.3 is 0 Å². The van der Waals surface area contributed by atoms with Gasteiger partial charge in [0.1, 0.15) is 40.4 Å². The fourth-order valence-corrected chi connectivity index (χ4v) is 16.6. The number of ketones is 2. The Bertz CT molecular complexity index is 3420. The van der Waals surface area contributed by atoms with Crippen molar-refractivity contribution in [2.75, 3.05) is 0 Å². The highest BCUT2D eigenvalue weighted by atomic mass is 32.1. The van der Waals surface area contributed by atoms with Crippen LogP contribution in [0.3, 0.4) is 0 Å². The van der Waals surface area contributed by atoms with Crippen LogP contribution in [0.4, 0.5) is 17.6 Å². The van der Waals surface area contributed by atoms with Crippen LogP contribution in [-0.2, 0) is 11.2 Å². The van der Waals surface area contributed by atoms with E-state index < -0.39 is 57.3 Å². The second-order valence-corrected chi connectivity index (χ2v) is 21.8. The van der Waals surface area contributed by atoms with Crippen LogP contribution in [0.25, 0.3) is 57.1 Å². The van der Waals surface area contributed by atoms with Crippen LogP contribution in [0.2, 0.25) is 0 Å². The summed E-state index contributed by atoms with van der Waals surface area (Å²) in [4.78, 5) is 36.1. The summed E-state index contributed by atoms with van der Waals surface area (Å²) in [5, 5.41) is 29.7. The van der Waals surface area contributed by atoms with Crippen LogP contribution < -0.4 is 9.47 Å². The van der Waals surface area contributed by atoms with Gasteiger partial charge in [0, 0.05) is 54.3 Å². The van der Waals surface area contributed by atoms with Crippen molar-refractivity contribution in [3.63, 3.8) is 0 Å². The molecule has 0 radical (unpaired) electrons. The lowest BCUT2D eigenvalue weighted by atomic mass is 9.76. The molecule has 68 heavy (non-hydrogen) atoms. The number of hydrogen-bond acceptors (Lipinski definition) is 11. The number of carbonyl (C=O) groups is 2. The summed E-state index contributed by atoms with van der Waals surface area (Å²) in [5.74, 6) is -4.77. The van der Waals surface area contributed by atoms with Gasteiger partial charge in [-0.1, -0.05) is 12.8 Å². The number of Topliss-reactive ketones (excluding diaryl/α,β-unsaturated/α-hetero) is 2. The molecule has 2 aliphatic heterocycles. The summed E-state index contributed by atoms with van der Waals surface area (Å²) in [6, 6.07) is 12.6. The van der Waals surface area contributed by atoms with E-state index >= 15 is 0 Å². The number of nitriles is 3. The number of nitrogens with zero attached hydrogens (tertiary/aromatic N) is 4. The van der Waals surface area contributed by atoms with E-state index in [4.69, 9.17) is 16.0 Å². The van der Waals surface area contributed by atoms with Crippen molar-refractivity contribution >= 4 is 89.6 Å². The van der Waals surface area contributed by atoms with Crippen LogP contribution in [0, 0.1) is 63.8 Å². The first-order valence-corrected chi connectivity index (χ1v) is 25.0. The van der Waals surface area contributed by atoms with E-state index in [-0.39, 0.29) is 44.5 Å². The largest absolute Gasteiger partial charge is 0.481 e. The van der Waals surface area contributed by atoms with Crippen LogP contribution in [-0.4, -0.2) is 11.6 Å². The number of fused-ring (bicyclic) bond motifs is 13. The molecule has 2 fully saturated rings. The van der Waals surface area contributed by atoms with Crippen molar-refractivity contribution < 1.29 is 36.6 Å². The molecule has 2 spiro atoms. The van der Waals surface area contributed by atoms with Gasteiger partial charge in [0.25, 0.3) is 5.70 Å². The average molecular weight is 977 g/mol. The van der Waals surface area contributed by atoms with Gasteiger partial charge in [-0.25, -0.2) is 27.7 Å². The second kappa shape index (κ2) is 15.3. The van der Waals surface area contributed by atoms with Crippen molar-refractivity contribution in [1.82, 2.24) is 0 Å². The third-order valence-corrected chi connectivity index (χ3v) is 18.9. The summed E-state index contributed by atoms with van der Waals surface area (Å²) in [5.41, 5.74) is -0.287. The zero-order chi connectivity index (χ0) is 47.0. The molecule has 0 amide bonds. The number of carbonyl (C=O) groups excluding carboxylic acids is 2. The van der Waals surface area contributed by atoms with Gasteiger partial charge in [0.2, 0.25) is 0 Å². The highest BCUT2D eigenvalue weighted by Gasteiger charge is 2.51. The summed E-state index contributed by atoms with van der Waals surface area (Å²) in [6.07, 6.45) is 12.1. The molecule has 6 aliphatic rings. The summed E-state index contributed by atoms with van der Waals surface area (Å²) >= 11 is 6.18. The lowest BCUT2D eigenvalue weighted by Crippen LogP contribution is -2.37. The minimum atomic E-state index is -1.21. The predicted octanol–water partition coefficient (Wildman–Crippen LogP) is 14.6. The number of rotatable bonds is 2. The summed E-state index contributed by atoms with van der Waals surface area (Å²) in [7, 11) is 0. The van der Waals surface area contributed by atoms with E-state index in [9.17, 15) is 42.9 Å². The fraction of sp³-hybridized carbons (Fsp3) is 0.231. The number of ether oxygens (including phenoxy) is 2. The highest BCUT2D eigenvalue weighted by Crippen LogP contribution is 2.66. The molecule has 332 valence electrons. The molecule has 2 saturated carbocycles. The molecule has 6 heterocycles. The number of hydrogen-bond donors (Lipinski definition) is 0. The Balaban J connectivity index is 1.02. The van der Waals surface area contributed by atoms with Crippen LogP contribution in [0.5, 0.6) is 11.5 Å². The van der Waals surface area contributed by atoms with Crippen molar-refractivity contribution in [2.24, 2.45) is 0 Å². The molecule has 8 nitrogen and oxygen atoms in total. The molecule has 16 heteroatoms. The van der Waals surface area contributed by atoms with Gasteiger partial charge in [-0.2, -0.15) is 10.5 Å². The highest BCUT2D eigenvalue weighted by molar-refractivity contribution is 7.34. The molecule has 4 aromatic heterocycles. The average Bonchev–Trinajstić information content (AvgIpc) is 4.18. The Hall–Kier alpha value is -6.92. The minimum absolute atomic E-state index is 0.00409. The number of allylic oxidation sites excluding steroid dienone is 6. The molecule has 0 bridgehead atoms. The van der Waals surface area contributed by atoms with Gasteiger partial charge in [0.15, 0.2) is 34.8 Å². The smallest absolute Gasteiger partial charge is 0.270 e. The molecule has 0 atom stereocenters. The van der Waals surface area contributed by atoms with Gasteiger partial charge in [-0.05, 0) is 111 Å². The van der Waals surface area contributed by atoms with E-state index in [1.54, 1.807) is 34.8 Å². The first-order valence-electron chi connectivity index (χ1n) is 21.8. The summed E-state index contributed by atoms with van der Waals surface area (Å²) in [6.45, 7) is 7.69. The SMILES string of the molecule is [C-]#[N+]/C(C#N)=C1\C(=C\c2cc3c(s2)-c2sc4c5c(sc4c2C2(CCCCC2)O3)-c2sc(/C=C3\C(=O)c4cc(F)c(F)cc4C3=C(C#N)C#N)cc2OC52CCCCC2)C(=O)c2cc(F)c(F)cc21. The molecular formula is C52H28F4N4O4S4. The quantitative estimate of drug-likeness (QED) is 0.0731. The Morgan fingerprint density at radius 2 is 0.985 bits per heavy atom. The van der Waals surface area contributed by atoms with E-state index in [1.165, 1.54) is 22.7 Å². The maximum absolute atomic E-state index is 14.6. The number of halogens is 4. The maximum atomic E-state index is 14.6. The topological polar surface area (TPSA) is 128 Å². The van der Waals surface area contributed by atoms with Crippen LogP contribution >= 0.6 is 45.3 Å². The van der Waals surface area contributed by atoms with Crippen LogP contribution in [0.1, 0.15) is 117 Å². The zero-order valence-corrected chi connectivity index (χ0v) is 38.5. The Morgan fingerprint density at radius 1 is 0.574 bits per heavy atom.